The molecule has 2 amide bonds. The quantitative estimate of drug-likeness (QED) is 0.875. The average Bonchev–Trinajstić information content (AvgIpc) is 2.85. The molecule has 1 aromatic carbocycles. The van der Waals surface area contributed by atoms with E-state index in [-0.39, 0.29) is 23.5 Å². The van der Waals surface area contributed by atoms with Gasteiger partial charge in [-0.05, 0) is 30.7 Å². The molecular weight excluding hydrogens is 271 g/mol. The number of unbranched alkanes of at least 4 members (excludes halogenated alkanes) is 1. The first-order valence-corrected chi connectivity index (χ1v) is 7.42. The van der Waals surface area contributed by atoms with Crippen LogP contribution in [0.15, 0.2) is 24.3 Å². The van der Waals surface area contributed by atoms with Crippen molar-refractivity contribution in [1.82, 2.24) is 5.32 Å². The lowest BCUT2D eigenvalue weighted by molar-refractivity contribution is -0.121. The predicted molar refractivity (Wildman–Crippen MR) is 79.4 cm³/mol. The second-order valence-electron chi connectivity index (χ2n) is 5.46. The smallest absolute Gasteiger partial charge is 0.227 e. The Balaban J connectivity index is 1.85. The molecule has 1 aliphatic rings. The van der Waals surface area contributed by atoms with E-state index in [4.69, 9.17) is 0 Å². The van der Waals surface area contributed by atoms with Gasteiger partial charge in [-0.3, -0.25) is 9.59 Å². The van der Waals surface area contributed by atoms with Crippen LogP contribution in [-0.2, 0) is 9.59 Å². The number of anilines is 1. The van der Waals surface area contributed by atoms with E-state index in [9.17, 15) is 14.0 Å². The number of carbonyl (C=O) groups is 2. The van der Waals surface area contributed by atoms with Gasteiger partial charge in [-0.2, -0.15) is 0 Å². The first kappa shape index (κ1) is 15.5. The van der Waals surface area contributed by atoms with Crippen LogP contribution < -0.4 is 10.2 Å². The van der Waals surface area contributed by atoms with Gasteiger partial charge >= 0.3 is 0 Å². The van der Waals surface area contributed by atoms with Gasteiger partial charge in [0.25, 0.3) is 0 Å². The van der Waals surface area contributed by atoms with Gasteiger partial charge in [-0.1, -0.05) is 13.3 Å². The lowest BCUT2D eigenvalue weighted by Gasteiger charge is -2.17. The van der Waals surface area contributed by atoms with Gasteiger partial charge in [0, 0.05) is 37.5 Å². The van der Waals surface area contributed by atoms with Crippen LogP contribution in [0.5, 0.6) is 0 Å². The normalized spacial score (nSPS) is 18.1. The van der Waals surface area contributed by atoms with Crippen molar-refractivity contribution in [3.63, 3.8) is 0 Å². The van der Waals surface area contributed by atoms with Gasteiger partial charge in [-0.25, -0.2) is 4.39 Å². The summed E-state index contributed by atoms with van der Waals surface area (Å²) in [6, 6.07) is 5.91. The Hall–Kier alpha value is -1.91. The van der Waals surface area contributed by atoms with E-state index in [0.29, 0.717) is 31.6 Å². The highest BCUT2D eigenvalue weighted by Gasteiger charge is 2.30. The summed E-state index contributed by atoms with van der Waals surface area (Å²) >= 11 is 0. The number of halogens is 1. The molecule has 1 aromatic rings. The molecule has 0 aliphatic carbocycles. The summed E-state index contributed by atoms with van der Waals surface area (Å²) in [6.45, 7) is 3.13. The molecule has 1 N–H and O–H groups in total. The highest BCUT2D eigenvalue weighted by Crippen LogP contribution is 2.24. The lowest BCUT2D eigenvalue weighted by Crippen LogP contribution is -2.31. The Morgan fingerprint density at radius 3 is 2.76 bits per heavy atom. The van der Waals surface area contributed by atoms with Crippen LogP contribution in [0.2, 0.25) is 0 Å². The minimum absolute atomic E-state index is 0.0226. The third-order valence-electron chi connectivity index (χ3n) is 3.69. The number of amides is 2. The summed E-state index contributed by atoms with van der Waals surface area (Å²) in [4.78, 5) is 25.2. The maximum absolute atomic E-state index is 12.9. The van der Waals surface area contributed by atoms with Crippen molar-refractivity contribution >= 4 is 17.5 Å². The lowest BCUT2D eigenvalue weighted by atomic mass is 10.1. The molecule has 0 bridgehead atoms. The molecule has 1 fully saturated rings. The Morgan fingerprint density at radius 2 is 2.10 bits per heavy atom. The van der Waals surface area contributed by atoms with Gasteiger partial charge in [0.15, 0.2) is 0 Å². The zero-order valence-corrected chi connectivity index (χ0v) is 12.3. The SMILES string of the molecule is CCCCC(=O)NCC1CC(=O)N(c2ccc(F)cc2)C1. The molecule has 1 unspecified atom stereocenters. The molecular formula is C16H21FN2O2. The number of carbonyl (C=O) groups excluding carboxylic acids is 2. The third-order valence-corrected chi connectivity index (χ3v) is 3.69. The molecule has 21 heavy (non-hydrogen) atoms. The zero-order chi connectivity index (χ0) is 15.2. The number of rotatable bonds is 6. The molecule has 2 rings (SSSR count). The van der Waals surface area contributed by atoms with Crippen LogP contribution >= 0.6 is 0 Å². The van der Waals surface area contributed by atoms with Crippen LogP contribution in [0, 0.1) is 11.7 Å². The molecule has 4 nitrogen and oxygen atoms in total. The second kappa shape index (κ2) is 7.20. The Kier molecular flexibility index (Phi) is 5.31. The van der Waals surface area contributed by atoms with E-state index in [1.807, 2.05) is 6.92 Å². The van der Waals surface area contributed by atoms with Crippen molar-refractivity contribution in [1.29, 1.82) is 0 Å². The molecule has 0 aromatic heterocycles. The summed E-state index contributed by atoms with van der Waals surface area (Å²) in [6.07, 6.45) is 2.84. The van der Waals surface area contributed by atoms with Crippen molar-refractivity contribution in [3.05, 3.63) is 30.1 Å². The Morgan fingerprint density at radius 1 is 1.38 bits per heavy atom. The largest absolute Gasteiger partial charge is 0.356 e. The van der Waals surface area contributed by atoms with E-state index in [1.165, 1.54) is 12.1 Å². The van der Waals surface area contributed by atoms with E-state index < -0.39 is 0 Å². The molecule has 1 saturated heterocycles. The van der Waals surface area contributed by atoms with Crippen molar-refractivity contribution < 1.29 is 14.0 Å². The fourth-order valence-electron chi connectivity index (χ4n) is 2.47. The van der Waals surface area contributed by atoms with Crippen molar-refractivity contribution in [2.75, 3.05) is 18.0 Å². The van der Waals surface area contributed by atoms with Crippen LogP contribution in [-0.4, -0.2) is 24.9 Å². The van der Waals surface area contributed by atoms with E-state index in [2.05, 4.69) is 5.32 Å². The van der Waals surface area contributed by atoms with Gasteiger partial charge < -0.3 is 10.2 Å². The topological polar surface area (TPSA) is 49.4 Å². The summed E-state index contributed by atoms with van der Waals surface area (Å²) < 4.78 is 12.9. The van der Waals surface area contributed by atoms with Crippen molar-refractivity contribution in [3.8, 4) is 0 Å². The molecule has 5 heteroatoms. The number of nitrogens with zero attached hydrogens (tertiary/aromatic N) is 1. The van der Waals surface area contributed by atoms with Gasteiger partial charge in [-0.15, -0.1) is 0 Å². The molecule has 1 aliphatic heterocycles. The van der Waals surface area contributed by atoms with Gasteiger partial charge in [0.05, 0.1) is 0 Å². The number of hydrogen-bond donors (Lipinski definition) is 1. The second-order valence-corrected chi connectivity index (χ2v) is 5.46. The van der Waals surface area contributed by atoms with Gasteiger partial charge in [0.1, 0.15) is 5.82 Å². The molecule has 0 radical (unpaired) electrons. The first-order chi connectivity index (χ1) is 10.1. The fourth-order valence-corrected chi connectivity index (χ4v) is 2.47. The molecule has 1 heterocycles. The number of nitrogens with one attached hydrogen (secondary N) is 1. The summed E-state index contributed by atoms with van der Waals surface area (Å²) in [7, 11) is 0. The highest BCUT2D eigenvalue weighted by molar-refractivity contribution is 5.95. The average molecular weight is 292 g/mol. The predicted octanol–water partition coefficient (Wildman–Crippen LogP) is 2.49. The maximum atomic E-state index is 12.9. The number of hydrogen-bond acceptors (Lipinski definition) is 2. The third kappa shape index (κ3) is 4.28. The molecule has 1 atom stereocenters. The zero-order valence-electron chi connectivity index (χ0n) is 12.3. The van der Waals surface area contributed by atoms with Crippen LogP contribution in [0.3, 0.4) is 0 Å². The van der Waals surface area contributed by atoms with Crippen LogP contribution in [0.25, 0.3) is 0 Å². The molecule has 0 spiro atoms. The Labute approximate surface area is 124 Å². The minimum Gasteiger partial charge on any atom is -0.356 e. The highest BCUT2D eigenvalue weighted by atomic mass is 19.1. The van der Waals surface area contributed by atoms with Gasteiger partial charge in [0.2, 0.25) is 11.8 Å². The van der Waals surface area contributed by atoms with Crippen molar-refractivity contribution in [2.45, 2.75) is 32.6 Å². The van der Waals surface area contributed by atoms with Crippen LogP contribution in [0.1, 0.15) is 32.6 Å². The number of benzene rings is 1. The van der Waals surface area contributed by atoms with Crippen LogP contribution in [0.4, 0.5) is 10.1 Å². The maximum Gasteiger partial charge on any atom is 0.227 e. The Bertz CT molecular complexity index is 502. The first-order valence-electron chi connectivity index (χ1n) is 7.42. The minimum atomic E-state index is -0.315. The summed E-state index contributed by atoms with van der Waals surface area (Å²) in [5, 5.41) is 2.88. The standard InChI is InChI=1S/C16H21FN2O2/c1-2-3-4-15(20)18-10-12-9-16(21)19(11-12)14-7-5-13(17)6-8-14/h5-8,12H,2-4,9-11H2,1H3,(H,18,20). The van der Waals surface area contributed by atoms with Crippen molar-refractivity contribution in [2.24, 2.45) is 5.92 Å². The summed E-state index contributed by atoms with van der Waals surface area (Å²) in [5.41, 5.74) is 0.709. The van der Waals surface area contributed by atoms with E-state index >= 15 is 0 Å². The van der Waals surface area contributed by atoms with E-state index in [0.717, 1.165) is 12.8 Å². The molecule has 0 saturated carbocycles. The molecule has 114 valence electrons. The summed E-state index contributed by atoms with van der Waals surface area (Å²) in [5.74, 6) is -0.128. The monoisotopic (exact) mass is 292 g/mol. The van der Waals surface area contributed by atoms with E-state index in [1.54, 1.807) is 17.0 Å². The fraction of sp³-hybridized carbons (Fsp3) is 0.500.